The molecule has 0 aromatic rings. The lowest BCUT2D eigenvalue weighted by molar-refractivity contribution is -0.165. The van der Waals surface area contributed by atoms with Crippen molar-refractivity contribution in [3.05, 3.63) is 0 Å². The van der Waals surface area contributed by atoms with Crippen molar-refractivity contribution in [2.75, 3.05) is 0 Å². The summed E-state index contributed by atoms with van der Waals surface area (Å²) in [5.41, 5.74) is -0.850. The third kappa shape index (κ3) is 6.31. The highest BCUT2D eigenvalue weighted by Gasteiger charge is 2.52. The number of hydrogen-bond donors (Lipinski definition) is 2. The van der Waals surface area contributed by atoms with Gasteiger partial charge in [-0.3, -0.25) is 9.59 Å². The molecule has 3 unspecified atom stereocenters. The monoisotopic (exact) mass is 354 g/mol. The van der Waals surface area contributed by atoms with Crippen LogP contribution in [-0.4, -0.2) is 22.2 Å². The van der Waals surface area contributed by atoms with Crippen molar-refractivity contribution in [2.45, 2.75) is 97.8 Å². The van der Waals surface area contributed by atoms with Gasteiger partial charge in [-0.2, -0.15) is 0 Å². The third-order valence-corrected chi connectivity index (χ3v) is 5.97. The Kier molecular flexibility index (Phi) is 9.52. The van der Waals surface area contributed by atoms with E-state index in [9.17, 15) is 19.8 Å². The molecule has 0 aromatic carbocycles. The van der Waals surface area contributed by atoms with Gasteiger partial charge < -0.3 is 10.2 Å². The first-order valence-electron chi connectivity index (χ1n) is 10.3. The molecule has 0 radical (unpaired) electrons. The minimum Gasteiger partial charge on any atom is -0.481 e. The molecule has 146 valence electrons. The minimum atomic E-state index is -0.850. The number of unbranched alkanes of at least 4 members (excludes halogenated alkanes) is 6. The average molecular weight is 355 g/mol. The van der Waals surface area contributed by atoms with Crippen molar-refractivity contribution in [1.82, 2.24) is 0 Å². The molecule has 2 N–H and O–H groups in total. The van der Waals surface area contributed by atoms with Crippen molar-refractivity contribution >= 4 is 11.9 Å². The zero-order valence-electron chi connectivity index (χ0n) is 16.4. The van der Waals surface area contributed by atoms with Gasteiger partial charge in [-0.05, 0) is 37.5 Å². The average Bonchev–Trinajstić information content (AvgIpc) is 2.54. The Balaban J connectivity index is 2.76. The van der Waals surface area contributed by atoms with E-state index in [0.29, 0.717) is 25.7 Å². The molecule has 0 spiro atoms. The van der Waals surface area contributed by atoms with E-state index in [2.05, 4.69) is 6.92 Å². The fraction of sp³-hybridized carbons (Fsp3) is 0.905. The molecule has 4 heteroatoms. The van der Waals surface area contributed by atoms with Gasteiger partial charge in [0.2, 0.25) is 0 Å². The van der Waals surface area contributed by atoms with Gasteiger partial charge in [-0.15, -0.1) is 0 Å². The highest BCUT2D eigenvalue weighted by atomic mass is 16.4. The molecule has 0 heterocycles. The quantitative estimate of drug-likeness (QED) is 0.438. The molecule has 1 saturated carbocycles. The van der Waals surface area contributed by atoms with Crippen LogP contribution in [-0.2, 0) is 9.59 Å². The fourth-order valence-electron chi connectivity index (χ4n) is 4.84. The van der Waals surface area contributed by atoms with Gasteiger partial charge in [0.15, 0.2) is 0 Å². The Labute approximate surface area is 153 Å². The van der Waals surface area contributed by atoms with Gasteiger partial charge in [0.1, 0.15) is 0 Å². The lowest BCUT2D eigenvalue weighted by Gasteiger charge is -2.45. The number of hydrogen-bond acceptors (Lipinski definition) is 2. The topological polar surface area (TPSA) is 74.6 Å². The van der Waals surface area contributed by atoms with E-state index in [-0.39, 0.29) is 11.8 Å². The van der Waals surface area contributed by atoms with Crippen molar-refractivity contribution in [3.63, 3.8) is 0 Å². The lowest BCUT2D eigenvalue weighted by atomic mass is 9.57. The maximum absolute atomic E-state index is 12.2. The summed E-state index contributed by atoms with van der Waals surface area (Å²) >= 11 is 0. The molecule has 1 rings (SSSR count). The summed E-state index contributed by atoms with van der Waals surface area (Å²) in [4.78, 5) is 24.0. The Morgan fingerprint density at radius 1 is 1.04 bits per heavy atom. The highest BCUT2D eigenvalue weighted by molar-refractivity contribution is 5.78. The summed E-state index contributed by atoms with van der Waals surface area (Å²) < 4.78 is 0. The van der Waals surface area contributed by atoms with Gasteiger partial charge in [0.25, 0.3) is 0 Å². The van der Waals surface area contributed by atoms with E-state index in [1.54, 1.807) is 0 Å². The molecule has 0 amide bonds. The van der Waals surface area contributed by atoms with Crippen LogP contribution in [0.5, 0.6) is 0 Å². The molecule has 0 aliphatic heterocycles. The first-order chi connectivity index (χ1) is 11.8. The molecule has 0 saturated heterocycles. The van der Waals surface area contributed by atoms with E-state index >= 15 is 0 Å². The smallest absolute Gasteiger partial charge is 0.309 e. The van der Waals surface area contributed by atoms with Crippen molar-refractivity contribution in [2.24, 2.45) is 23.2 Å². The van der Waals surface area contributed by atoms with Crippen LogP contribution in [0.2, 0.25) is 0 Å². The number of rotatable bonds is 12. The first-order valence-corrected chi connectivity index (χ1v) is 10.3. The normalized spacial score (nSPS) is 26.7. The van der Waals surface area contributed by atoms with Gasteiger partial charge in [-0.25, -0.2) is 0 Å². The lowest BCUT2D eigenvalue weighted by Crippen LogP contribution is -2.48. The Morgan fingerprint density at radius 2 is 1.64 bits per heavy atom. The zero-order valence-corrected chi connectivity index (χ0v) is 16.4. The number of carboxylic acids is 2. The van der Waals surface area contributed by atoms with Crippen LogP contribution in [0.4, 0.5) is 0 Å². The molecule has 4 nitrogen and oxygen atoms in total. The second-order valence-electron chi connectivity index (χ2n) is 8.41. The minimum absolute atomic E-state index is 0.228. The molecule has 1 aliphatic rings. The van der Waals surface area contributed by atoms with Crippen molar-refractivity contribution in [1.29, 1.82) is 0 Å². The Morgan fingerprint density at radius 3 is 2.16 bits per heavy atom. The fourth-order valence-corrected chi connectivity index (χ4v) is 4.84. The second-order valence-corrected chi connectivity index (χ2v) is 8.41. The zero-order chi connectivity index (χ0) is 18.9. The Bertz CT molecular complexity index is 418. The van der Waals surface area contributed by atoms with Crippen LogP contribution in [0.1, 0.15) is 97.8 Å². The van der Waals surface area contributed by atoms with Crippen LogP contribution in [0, 0.1) is 23.2 Å². The number of carbonyl (C=O) groups is 2. The van der Waals surface area contributed by atoms with E-state index < -0.39 is 23.3 Å². The van der Waals surface area contributed by atoms with E-state index in [1.807, 2.05) is 13.8 Å². The maximum atomic E-state index is 12.2. The summed E-state index contributed by atoms with van der Waals surface area (Å²) in [7, 11) is 0. The van der Waals surface area contributed by atoms with Gasteiger partial charge in [0.05, 0.1) is 11.3 Å². The first kappa shape index (κ1) is 22.0. The number of aliphatic carboxylic acids is 2. The van der Waals surface area contributed by atoms with E-state index in [1.165, 1.54) is 32.1 Å². The maximum Gasteiger partial charge on any atom is 0.309 e. The molecule has 0 aromatic heterocycles. The number of carboxylic acid groups (broad SMARTS) is 2. The SMILES string of the molecule is CCCCCCCCCC1C(C(=O)O)CCCC1(CC(C)C)C(=O)O. The predicted octanol–water partition coefficient (Wildman–Crippen LogP) is 5.75. The molecular formula is C21H38O4. The summed E-state index contributed by atoms with van der Waals surface area (Å²) in [5, 5.41) is 19.7. The van der Waals surface area contributed by atoms with Crippen LogP contribution < -0.4 is 0 Å². The highest BCUT2D eigenvalue weighted by Crippen LogP contribution is 2.51. The summed E-state index contributed by atoms with van der Waals surface area (Å²) in [5.74, 6) is -2.04. The Hall–Kier alpha value is -1.06. The van der Waals surface area contributed by atoms with Crippen LogP contribution in [0.15, 0.2) is 0 Å². The van der Waals surface area contributed by atoms with Crippen LogP contribution in [0.3, 0.4) is 0 Å². The largest absolute Gasteiger partial charge is 0.481 e. The van der Waals surface area contributed by atoms with Gasteiger partial charge in [-0.1, -0.05) is 72.1 Å². The van der Waals surface area contributed by atoms with Crippen LogP contribution >= 0.6 is 0 Å². The van der Waals surface area contributed by atoms with Gasteiger partial charge in [0, 0.05) is 0 Å². The van der Waals surface area contributed by atoms with Crippen molar-refractivity contribution in [3.8, 4) is 0 Å². The summed E-state index contributed by atoms with van der Waals surface area (Å²) in [6.45, 7) is 6.29. The van der Waals surface area contributed by atoms with E-state index in [4.69, 9.17) is 0 Å². The van der Waals surface area contributed by atoms with E-state index in [0.717, 1.165) is 19.3 Å². The molecule has 1 fully saturated rings. The second kappa shape index (κ2) is 10.8. The molecule has 25 heavy (non-hydrogen) atoms. The molecule has 1 aliphatic carbocycles. The van der Waals surface area contributed by atoms with Crippen molar-refractivity contribution < 1.29 is 19.8 Å². The molecule has 3 atom stereocenters. The van der Waals surface area contributed by atoms with Gasteiger partial charge >= 0.3 is 11.9 Å². The predicted molar refractivity (Wildman–Crippen MR) is 101 cm³/mol. The molecular weight excluding hydrogens is 316 g/mol. The molecule has 0 bridgehead atoms. The third-order valence-electron chi connectivity index (χ3n) is 5.97. The summed E-state index contributed by atoms with van der Waals surface area (Å²) in [6.07, 6.45) is 11.5. The standard InChI is InChI=1S/C21H38O4/c1-4-5-6-7-8-9-10-13-18-17(19(22)23)12-11-14-21(18,20(24)25)15-16(2)3/h16-18H,4-15H2,1-3H3,(H,22,23)(H,24,25). The van der Waals surface area contributed by atoms with Crippen LogP contribution in [0.25, 0.3) is 0 Å². The summed E-state index contributed by atoms with van der Waals surface area (Å²) in [6, 6.07) is 0.